The average molecular weight is 216 g/mol. The van der Waals surface area contributed by atoms with Crippen LogP contribution in [-0.2, 0) is 11.8 Å². The van der Waals surface area contributed by atoms with Crippen LogP contribution in [0, 0.1) is 5.92 Å². The first-order chi connectivity index (χ1) is 7.66. The monoisotopic (exact) mass is 216 g/mol. The van der Waals surface area contributed by atoms with Gasteiger partial charge in [0.15, 0.2) is 0 Å². The summed E-state index contributed by atoms with van der Waals surface area (Å²) in [6.45, 7) is 0. The average Bonchev–Trinajstić information content (AvgIpc) is 2.99. The fourth-order valence-electron chi connectivity index (χ4n) is 2.22. The number of imidazole rings is 1. The van der Waals surface area contributed by atoms with E-state index in [2.05, 4.69) is 4.98 Å². The molecule has 1 aromatic carbocycles. The maximum absolute atomic E-state index is 10.8. The number of aryl methyl sites for hydroxylation is 1. The number of fused-ring (bicyclic) bond motifs is 1. The highest BCUT2D eigenvalue weighted by Crippen LogP contribution is 2.47. The van der Waals surface area contributed by atoms with Crippen LogP contribution in [0.2, 0.25) is 0 Å². The molecule has 1 saturated carbocycles. The molecule has 1 heterocycles. The minimum Gasteiger partial charge on any atom is -0.481 e. The molecule has 0 saturated heterocycles. The molecule has 0 bridgehead atoms. The molecule has 1 N–H and O–H groups in total. The largest absolute Gasteiger partial charge is 0.481 e. The van der Waals surface area contributed by atoms with Crippen molar-refractivity contribution in [1.82, 2.24) is 9.55 Å². The van der Waals surface area contributed by atoms with Crippen molar-refractivity contribution in [2.75, 3.05) is 0 Å². The number of carboxylic acid groups (broad SMARTS) is 1. The number of carboxylic acids is 1. The number of nitrogens with zero attached hydrogens (tertiary/aromatic N) is 2. The van der Waals surface area contributed by atoms with Gasteiger partial charge >= 0.3 is 5.97 Å². The third-order valence-electron chi connectivity index (χ3n) is 3.29. The molecule has 16 heavy (non-hydrogen) atoms. The summed E-state index contributed by atoms with van der Waals surface area (Å²) in [6.07, 6.45) is 2.53. The fraction of sp³-hybridized carbons (Fsp3) is 0.333. The van der Waals surface area contributed by atoms with E-state index in [-0.39, 0.29) is 11.8 Å². The summed E-state index contributed by atoms with van der Waals surface area (Å²) in [7, 11) is 1.95. The van der Waals surface area contributed by atoms with Crippen LogP contribution < -0.4 is 0 Å². The second kappa shape index (κ2) is 3.07. The molecule has 3 rings (SSSR count). The van der Waals surface area contributed by atoms with Gasteiger partial charge in [0.2, 0.25) is 0 Å². The maximum Gasteiger partial charge on any atom is 0.307 e. The molecule has 1 fully saturated rings. The van der Waals surface area contributed by atoms with E-state index in [0.717, 1.165) is 23.0 Å². The molecule has 0 unspecified atom stereocenters. The summed E-state index contributed by atoms with van der Waals surface area (Å²) in [5, 5.41) is 8.88. The van der Waals surface area contributed by atoms with Crippen LogP contribution in [0.3, 0.4) is 0 Å². The Hall–Kier alpha value is -1.84. The minimum absolute atomic E-state index is 0.184. The molecule has 2 atom stereocenters. The number of rotatable bonds is 2. The SMILES string of the molecule is Cn1cnc2cc([C@@H]3C[C@H]3C(=O)O)ccc21. The molecule has 2 aromatic rings. The van der Waals surface area contributed by atoms with Gasteiger partial charge in [0.1, 0.15) is 0 Å². The van der Waals surface area contributed by atoms with Gasteiger partial charge < -0.3 is 9.67 Å². The van der Waals surface area contributed by atoms with Gasteiger partial charge in [-0.1, -0.05) is 6.07 Å². The quantitative estimate of drug-likeness (QED) is 0.832. The summed E-state index contributed by atoms with van der Waals surface area (Å²) < 4.78 is 1.96. The molecule has 82 valence electrons. The summed E-state index contributed by atoms with van der Waals surface area (Å²) >= 11 is 0. The van der Waals surface area contributed by atoms with Crippen LogP contribution in [0.25, 0.3) is 11.0 Å². The van der Waals surface area contributed by atoms with Crippen LogP contribution in [0.1, 0.15) is 17.9 Å². The fourth-order valence-corrected chi connectivity index (χ4v) is 2.22. The van der Waals surface area contributed by atoms with E-state index in [4.69, 9.17) is 5.11 Å². The van der Waals surface area contributed by atoms with Crippen molar-refractivity contribution in [3.05, 3.63) is 30.1 Å². The Morgan fingerprint density at radius 1 is 1.56 bits per heavy atom. The molecular weight excluding hydrogens is 204 g/mol. The standard InChI is InChI=1S/C12H12N2O2/c1-14-6-13-10-4-7(2-3-11(10)14)8-5-9(8)12(15)16/h2-4,6,8-9H,5H2,1H3,(H,15,16)/t8-,9+/m0/s1. The van der Waals surface area contributed by atoms with Gasteiger partial charge in [-0.3, -0.25) is 4.79 Å². The molecule has 1 aliphatic carbocycles. The maximum atomic E-state index is 10.8. The lowest BCUT2D eigenvalue weighted by atomic mass is 10.1. The zero-order valence-electron chi connectivity index (χ0n) is 8.92. The van der Waals surface area contributed by atoms with E-state index in [9.17, 15) is 4.79 Å². The van der Waals surface area contributed by atoms with E-state index in [0.29, 0.717) is 0 Å². The number of hydrogen-bond donors (Lipinski definition) is 1. The third kappa shape index (κ3) is 1.30. The van der Waals surface area contributed by atoms with Gasteiger partial charge in [-0.2, -0.15) is 0 Å². The van der Waals surface area contributed by atoms with Gasteiger partial charge in [-0.05, 0) is 30.0 Å². The molecular formula is C12H12N2O2. The van der Waals surface area contributed by atoms with E-state index < -0.39 is 5.97 Å². The molecule has 1 aromatic heterocycles. The number of aromatic nitrogens is 2. The van der Waals surface area contributed by atoms with Gasteiger partial charge in [-0.15, -0.1) is 0 Å². The van der Waals surface area contributed by atoms with Gasteiger partial charge in [0, 0.05) is 7.05 Å². The Balaban J connectivity index is 1.98. The number of benzene rings is 1. The van der Waals surface area contributed by atoms with Crippen LogP contribution in [-0.4, -0.2) is 20.6 Å². The van der Waals surface area contributed by atoms with Crippen molar-refractivity contribution >= 4 is 17.0 Å². The molecule has 4 nitrogen and oxygen atoms in total. The lowest BCUT2D eigenvalue weighted by Gasteiger charge is -1.99. The molecule has 0 spiro atoms. The van der Waals surface area contributed by atoms with Crippen LogP contribution in [0.4, 0.5) is 0 Å². The summed E-state index contributed by atoms with van der Waals surface area (Å²) in [6, 6.07) is 6.02. The number of aliphatic carboxylic acids is 1. The van der Waals surface area contributed by atoms with Crippen LogP contribution in [0.5, 0.6) is 0 Å². The van der Waals surface area contributed by atoms with E-state index >= 15 is 0 Å². The summed E-state index contributed by atoms with van der Waals surface area (Å²) in [5.74, 6) is -0.698. The smallest absolute Gasteiger partial charge is 0.307 e. The molecule has 1 aliphatic rings. The van der Waals surface area contributed by atoms with Crippen molar-refractivity contribution in [3.8, 4) is 0 Å². The summed E-state index contributed by atoms with van der Waals surface area (Å²) in [4.78, 5) is 15.1. The van der Waals surface area contributed by atoms with Crippen LogP contribution >= 0.6 is 0 Å². The number of carbonyl (C=O) groups is 1. The van der Waals surface area contributed by atoms with Crippen molar-refractivity contribution in [3.63, 3.8) is 0 Å². The zero-order chi connectivity index (χ0) is 11.3. The third-order valence-corrected chi connectivity index (χ3v) is 3.29. The number of hydrogen-bond acceptors (Lipinski definition) is 2. The predicted octanol–water partition coefficient (Wildman–Crippen LogP) is 1.76. The highest BCUT2D eigenvalue weighted by molar-refractivity contribution is 5.79. The lowest BCUT2D eigenvalue weighted by molar-refractivity contribution is -0.138. The Morgan fingerprint density at radius 2 is 2.38 bits per heavy atom. The van der Waals surface area contributed by atoms with Gasteiger partial charge in [0.25, 0.3) is 0 Å². The van der Waals surface area contributed by atoms with Crippen LogP contribution in [0.15, 0.2) is 24.5 Å². The van der Waals surface area contributed by atoms with E-state index in [1.165, 1.54) is 0 Å². The first kappa shape index (κ1) is 9.39. The Labute approximate surface area is 92.5 Å². The highest BCUT2D eigenvalue weighted by atomic mass is 16.4. The molecule has 4 heteroatoms. The van der Waals surface area contributed by atoms with E-state index in [1.807, 2.05) is 29.8 Å². The normalized spacial score (nSPS) is 23.6. The first-order valence-electron chi connectivity index (χ1n) is 5.30. The predicted molar refractivity (Wildman–Crippen MR) is 59.2 cm³/mol. The summed E-state index contributed by atoms with van der Waals surface area (Å²) in [5.41, 5.74) is 3.12. The van der Waals surface area contributed by atoms with Gasteiger partial charge in [-0.25, -0.2) is 4.98 Å². The lowest BCUT2D eigenvalue weighted by Crippen LogP contribution is -1.98. The Bertz CT molecular complexity index is 573. The Morgan fingerprint density at radius 3 is 3.06 bits per heavy atom. The van der Waals surface area contributed by atoms with Crippen molar-refractivity contribution in [1.29, 1.82) is 0 Å². The Kier molecular flexibility index (Phi) is 1.80. The first-order valence-corrected chi connectivity index (χ1v) is 5.30. The molecule has 0 aliphatic heterocycles. The second-order valence-corrected chi connectivity index (χ2v) is 4.39. The molecule has 0 amide bonds. The second-order valence-electron chi connectivity index (χ2n) is 4.39. The zero-order valence-corrected chi connectivity index (χ0v) is 8.92. The van der Waals surface area contributed by atoms with Crippen molar-refractivity contribution < 1.29 is 9.90 Å². The van der Waals surface area contributed by atoms with Crippen molar-refractivity contribution in [2.24, 2.45) is 13.0 Å². The minimum atomic E-state index is -0.689. The molecule has 0 radical (unpaired) electrons. The van der Waals surface area contributed by atoms with Crippen molar-refractivity contribution in [2.45, 2.75) is 12.3 Å². The highest BCUT2D eigenvalue weighted by Gasteiger charge is 2.44. The van der Waals surface area contributed by atoms with E-state index in [1.54, 1.807) is 6.33 Å². The topological polar surface area (TPSA) is 55.1 Å². The van der Waals surface area contributed by atoms with Gasteiger partial charge in [0.05, 0.1) is 23.3 Å².